The van der Waals surface area contributed by atoms with Crippen LogP contribution in [0.25, 0.3) is 0 Å². The molecule has 2 rings (SSSR count). The number of carbonyl (C=O) groups is 2. The number of fused-ring (bicyclic) bond motifs is 1. The Hall–Kier alpha value is -1.36. The molecule has 1 aliphatic heterocycles. The van der Waals surface area contributed by atoms with Crippen LogP contribution >= 0.6 is 15.9 Å². The van der Waals surface area contributed by atoms with Gasteiger partial charge in [-0.05, 0) is 24.6 Å². The van der Waals surface area contributed by atoms with Crippen molar-refractivity contribution in [1.82, 2.24) is 5.32 Å². The maximum atomic E-state index is 11.6. The Kier molecular flexibility index (Phi) is 4.58. The van der Waals surface area contributed by atoms with Crippen LogP contribution in [0.1, 0.15) is 30.9 Å². The molecule has 0 radical (unpaired) electrons. The fourth-order valence-corrected chi connectivity index (χ4v) is 2.60. The van der Waals surface area contributed by atoms with E-state index < -0.39 is 0 Å². The number of rotatable bonds is 5. The van der Waals surface area contributed by atoms with Gasteiger partial charge in [-0.15, -0.1) is 0 Å². The highest BCUT2D eigenvalue weighted by molar-refractivity contribution is 9.10. The van der Waals surface area contributed by atoms with Gasteiger partial charge in [0, 0.05) is 35.8 Å². The summed E-state index contributed by atoms with van der Waals surface area (Å²) in [5, 5.41) is 2.82. The van der Waals surface area contributed by atoms with E-state index in [-0.39, 0.29) is 18.1 Å². The average Bonchev–Trinajstić information content (AvgIpc) is 2.81. The van der Waals surface area contributed by atoms with Crippen molar-refractivity contribution in [2.24, 2.45) is 0 Å². The molecule has 0 saturated carbocycles. The maximum absolute atomic E-state index is 11.6. The molecule has 0 aliphatic carbocycles. The molecule has 0 unspecified atom stereocenters. The van der Waals surface area contributed by atoms with Crippen molar-refractivity contribution in [3.05, 3.63) is 27.7 Å². The van der Waals surface area contributed by atoms with E-state index in [9.17, 15) is 9.59 Å². The molecule has 1 aliphatic rings. The van der Waals surface area contributed by atoms with Crippen LogP contribution in [0.5, 0.6) is 5.75 Å². The Morgan fingerprint density at radius 3 is 2.89 bits per heavy atom. The molecule has 5 heteroatoms. The van der Waals surface area contributed by atoms with E-state index in [4.69, 9.17) is 4.74 Å². The minimum Gasteiger partial charge on any atom is -0.493 e. The van der Waals surface area contributed by atoms with Crippen molar-refractivity contribution >= 4 is 27.6 Å². The molecule has 1 amide bonds. The average molecular weight is 326 g/mol. The summed E-state index contributed by atoms with van der Waals surface area (Å²) in [6.07, 6.45) is 1.44. The molecule has 19 heavy (non-hydrogen) atoms. The third-order valence-electron chi connectivity index (χ3n) is 3.01. The van der Waals surface area contributed by atoms with E-state index in [2.05, 4.69) is 21.2 Å². The first-order valence-electron chi connectivity index (χ1n) is 6.26. The number of hydrogen-bond acceptors (Lipinski definition) is 3. The number of hydrogen-bond donors (Lipinski definition) is 1. The molecule has 102 valence electrons. The van der Waals surface area contributed by atoms with Gasteiger partial charge in [0.15, 0.2) is 0 Å². The van der Waals surface area contributed by atoms with E-state index in [0.29, 0.717) is 19.6 Å². The molecule has 0 spiro atoms. The van der Waals surface area contributed by atoms with Gasteiger partial charge in [0.1, 0.15) is 11.5 Å². The highest BCUT2D eigenvalue weighted by atomic mass is 79.9. The van der Waals surface area contributed by atoms with Gasteiger partial charge < -0.3 is 14.8 Å². The topological polar surface area (TPSA) is 55.4 Å². The van der Waals surface area contributed by atoms with Crippen molar-refractivity contribution in [2.45, 2.75) is 32.7 Å². The smallest absolute Gasteiger partial charge is 0.220 e. The Balaban J connectivity index is 1.96. The van der Waals surface area contributed by atoms with Gasteiger partial charge in [-0.3, -0.25) is 4.79 Å². The summed E-state index contributed by atoms with van der Waals surface area (Å²) in [6.45, 7) is 2.61. The van der Waals surface area contributed by atoms with E-state index in [1.54, 1.807) is 0 Å². The van der Waals surface area contributed by atoms with Gasteiger partial charge in [-0.2, -0.15) is 0 Å². The number of ketones is 1. The first-order chi connectivity index (χ1) is 9.06. The zero-order valence-electron chi connectivity index (χ0n) is 10.8. The predicted octanol–water partition coefficient (Wildman–Crippen LogP) is 2.37. The molecule has 0 bridgehead atoms. The minimum atomic E-state index is -0.109. The van der Waals surface area contributed by atoms with Gasteiger partial charge >= 0.3 is 0 Å². The maximum Gasteiger partial charge on any atom is 0.220 e. The number of Topliss-reactive ketones (excluding diaryl/α,β-unsaturated/α-hetero) is 1. The largest absolute Gasteiger partial charge is 0.493 e. The van der Waals surface area contributed by atoms with Crippen molar-refractivity contribution in [3.63, 3.8) is 0 Å². The van der Waals surface area contributed by atoms with Crippen LogP contribution in [0, 0.1) is 0 Å². The third-order valence-corrected chi connectivity index (χ3v) is 3.46. The summed E-state index contributed by atoms with van der Waals surface area (Å²) in [5.41, 5.74) is 2.14. The van der Waals surface area contributed by atoms with Crippen LogP contribution in [0.15, 0.2) is 16.6 Å². The molecule has 0 atom stereocenters. The number of amides is 1. The summed E-state index contributed by atoms with van der Waals surface area (Å²) < 4.78 is 6.58. The predicted molar refractivity (Wildman–Crippen MR) is 75.1 cm³/mol. The molecule has 1 aromatic rings. The van der Waals surface area contributed by atoms with Crippen molar-refractivity contribution in [2.75, 3.05) is 6.61 Å². The molecular weight excluding hydrogens is 310 g/mol. The SMILES string of the molecule is CC(=O)CCC(=O)NCc1cc(Br)cc2c1OCC2. The Morgan fingerprint density at radius 1 is 1.37 bits per heavy atom. The highest BCUT2D eigenvalue weighted by Crippen LogP contribution is 2.32. The quantitative estimate of drug-likeness (QED) is 0.904. The number of nitrogens with one attached hydrogen (secondary N) is 1. The van der Waals surface area contributed by atoms with Crippen LogP contribution in [0.4, 0.5) is 0 Å². The van der Waals surface area contributed by atoms with E-state index >= 15 is 0 Å². The molecule has 1 heterocycles. The van der Waals surface area contributed by atoms with Gasteiger partial charge in [0.05, 0.1) is 6.61 Å². The monoisotopic (exact) mass is 325 g/mol. The lowest BCUT2D eigenvalue weighted by Gasteiger charge is -2.10. The van der Waals surface area contributed by atoms with Crippen LogP contribution in [-0.4, -0.2) is 18.3 Å². The molecular formula is C14H16BrNO3. The highest BCUT2D eigenvalue weighted by Gasteiger charge is 2.17. The van der Waals surface area contributed by atoms with Crippen LogP contribution in [-0.2, 0) is 22.6 Å². The Labute approximate surface area is 120 Å². The van der Waals surface area contributed by atoms with Gasteiger partial charge in [-0.25, -0.2) is 0 Å². The Bertz CT molecular complexity index is 514. The van der Waals surface area contributed by atoms with E-state index in [0.717, 1.165) is 22.2 Å². The zero-order valence-corrected chi connectivity index (χ0v) is 12.4. The van der Waals surface area contributed by atoms with E-state index in [1.165, 1.54) is 12.5 Å². The summed E-state index contributed by atoms with van der Waals surface area (Å²) in [5.74, 6) is 0.804. The summed E-state index contributed by atoms with van der Waals surface area (Å²) >= 11 is 3.46. The molecule has 1 N–H and O–H groups in total. The summed E-state index contributed by atoms with van der Waals surface area (Å²) in [4.78, 5) is 22.4. The van der Waals surface area contributed by atoms with E-state index in [1.807, 2.05) is 12.1 Å². The molecule has 1 aromatic carbocycles. The zero-order chi connectivity index (χ0) is 13.8. The second-order valence-corrected chi connectivity index (χ2v) is 5.55. The second-order valence-electron chi connectivity index (χ2n) is 4.63. The fourth-order valence-electron chi connectivity index (χ4n) is 2.05. The number of carbonyl (C=O) groups excluding carboxylic acids is 2. The van der Waals surface area contributed by atoms with Gasteiger partial charge in [-0.1, -0.05) is 15.9 Å². The van der Waals surface area contributed by atoms with Gasteiger partial charge in [0.25, 0.3) is 0 Å². The second kappa shape index (κ2) is 6.19. The summed E-state index contributed by atoms with van der Waals surface area (Å²) in [7, 11) is 0. The molecule has 0 saturated heterocycles. The third kappa shape index (κ3) is 3.80. The van der Waals surface area contributed by atoms with Crippen LogP contribution < -0.4 is 10.1 Å². The van der Waals surface area contributed by atoms with Crippen molar-refractivity contribution < 1.29 is 14.3 Å². The van der Waals surface area contributed by atoms with Crippen molar-refractivity contribution in [1.29, 1.82) is 0 Å². The summed E-state index contributed by atoms with van der Waals surface area (Å²) in [6, 6.07) is 4.00. The molecule has 4 nitrogen and oxygen atoms in total. The molecule has 0 aromatic heterocycles. The lowest BCUT2D eigenvalue weighted by atomic mass is 10.1. The minimum absolute atomic E-state index is 0.0295. The fraction of sp³-hybridized carbons (Fsp3) is 0.429. The number of halogens is 1. The first-order valence-corrected chi connectivity index (χ1v) is 7.06. The number of ether oxygens (including phenoxy) is 1. The lowest BCUT2D eigenvalue weighted by Crippen LogP contribution is -2.23. The van der Waals surface area contributed by atoms with Crippen molar-refractivity contribution in [3.8, 4) is 5.75 Å². The van der Waals surface area contributed by atoms with Crippen LogP contribution in [0.2, 0.25) is 0 Å². The first kappa shape index (κ1) is 14.1. The lowest BCUT2D eigenvalue weighted by molar-refractivity contribution is -0.124. The Morgan fingerprint density at radius 2 is 2.16 bits per heavy atom. The van der Waals surface area contributed by atoms with Gasteiger partial charge in [0.2, 0.25) is 5.91 Å². The normalized spacial score (nSPS) is 12.7. The van der Waals surface area contributed by atoms with Crippen LogP contribution in [0.3, 0.4) is 0 Å². The standard InChI is InChI=1S/C14H16BrNO3/c1-9(17)2-3-13(18)16-8-11-7-12(15)6-10-4-5-19-14(10)11/h6-7H,2-5,8H2,1H3,(H,16,18). The number of benzene rings is 1. The molecule has 0 fully saturated rings.